The SMILES string of the molecule is CO[C@H]1CC[C@H](NC/C=C/C(=O)Nc2ccc(C(=O)c3cc(Cl)c4c(-c5cc6ncn(C)c6cc5C)cccn34)cc2C#N)CC1. The van der Waals surface area contributed by atoms with Gasteiger partial charge in [-0.1, -0.05) is 23.7 Å². The van der Waals surface area contributed by atoms with Crippen LogP contribution in [0, 0.1) is 18.3 Å². The molecule has 10 heteroatoms. The largest absolute Gasteiger partial charge is 0.381 e. The fraction of sp³-hybridized carbons (Fsp3) is 0.278. The highest BCUT2D eigenvalue weighted by atomic mass is 35.5. The Morgan fingerprint density at radius 3 is 2.70 bits per heavy atom. The molecule has 46 heavy (non-hydrogen) atoms. The maximum atomic E-state index is 13.8. The zero-order chi connectivity index (χ0) is 32.4. The molecule has 0 atom stereocenters. The summed E-state index contributed by atoms with van der Waals surface area (Å²) in [6, 6.07) is 16.9. The van der Waals surface area contributed by atoms with Crippen LogP contribution in [0.1, 0.15) is 52.9 Å². The Morgan fingerprint density at radius 2 is 1.93 bits per heavy atom. The summed E-state index contributed by atoms with van der Waals surface area (Å²) in [4.78, 5) is 30.9. The van der Waals surface area contributed by atoms with Gasteiger partial charge < -0.3 is 24.3 Å². The van der Waals surface area contributed by atoms with E-state index in [0.29, 0.717) is 46.2 Å². The van der Waals surface area contributed by atoms with Crippen LogP contribution in [0.5, 0.6) is 0 Å². The number of ketones is 1. The number of aryl methyl sites for hydroxylation is 2. The summed E-state index contributed by atoms with van der Waals surface area (Å²) in [7, 11) is 3.71. The fourth-order valence-corrected chi connectivity index (χ4v) is 6.58. The number of ether oxygens (including phenoxy) is 1. The van der Waals surface area contributed by atoms with Gasteiger partial charge in [-0.05, 0) is 86.2 Å². The summed E-state index contributed by atoms with van der Waals surface area (Å²) in [5, 5.41) is 16.5. The molecule has 9 nitrogen and oxygen atoms in total. The number of anilines is 1. The first kappa shape index (κ1) is 31.2. The number of fused-ring (bicyclic) bond motifs is 2. The van der Waals surface area contributed by atoms with E-state index in [1.165, 1.54) is 12.1 Å². The van der Waals surface area contributed by atoms with Gasteiger partial charge in [-0.15, -0.1) is 0 Å². The van der Waals surface area contributed by atoms with Crippen LogP contribution in [0.15, 0.2) is 73.2 Å². The van der Waals surface area contributed by atoms with E-state index in [-0.39, 0.29) is 17.3 Å². The molecule has 1 saturated carbocycles. The molecule has 234 valence electrons. The average molecular weight is 635 g/mol. The van der Waals surface area contributed by atoms with Gasteiger partial charge in [0.2, 0.25) is 11.7 Å². The molecule has 6 rings (SSSR count). The topological polar surface area (TPSA) is 113 Å². The standard InChI is InChI=1S/C36H35ClN6O3/c1-22-16-32-31(40-21-42(32)2)18-28(22)27-6-5-15-43-33(19-29(37)35(27)43)36(45)23-8-13-30(24(17-23)20-38)41-34(44)7-4-14-39-25-9-11-26(46-3)12-10-25/h4-8,13,15-19,21,25-26,39H,9-12,14H2,1-3H3,(H,41,44)/b7-4+/t25-,26-. The minimum absolute atomic E-state index is 0.188. The number of amides is 1. The molecule has 1 aliphatic carbocycles. The van der Waals surface area contributed by atoms with Gasteiger partial charge in [-0.2, -0.15) is 5.26 Å². The van der Waals surface area contributed by atoms with Crippen LogP contribution in [0.4, 0.5) is 5.69 Å². The molecule has 2 N–H and O–H groups in total. The fourth-order valence-electron chi connectivity index (χ4n) is 6.28. The van der Waals surface area contributed by atoms with Crippen molar-refractivity contribution in [2.45, 2.75) is 44.8 Å². The van der Waals surface area contributed by atoms with Gasteiger partial charge in [0.15, 0.2) is 0 Å². The molecule has 1 amide bonds. The minimum Gasteiger partial charge on any atom is -0.381 e. The number of nitrogens with one attached hydrogen (secondary N) is 2. The van der Waals surface area contributed by atoms with Gasteiger partial charge >= 0.3 is 0 Å². The number of aromatic nitrogens is 3. The van der Waals surface area contributed by atoms with Gasteiger partial charge in [-0.25, -0.2) is 4.98 Å². The van der Waals surface area contributed by atoms with E-state index in [9.17, 15) is 14.9 Å². The van der Waals surface area contributed by atoms with Crippen LogP contribution in [0.25, 0.3) is 27.7 Å². The highest BCUT2D eigenvalue weighted by Gasteiger charge is 2.22. The molecule has 3 aromatic heterocycles. The second-order valence-corrected chi connectivity index (χ2v) is 12.1. The van der Waals surface area contributed by atoms with Gasteiger partial charge in [0.25, 0.3) is 0 Å². The molecular weight excluding hydrogens is 600 g/mol. The van der Waals surface area contributed by atoms with Gasteiger partial charge in [-0.3, -0.25) is 9.59 Å². The van der Waals surface area contributed by atoms with Crippen molar-refractivity contribution in [2.24, 2.45) is 7.05 Å². The summed E-state index contributed by atoms with van der Waals surface area (Å²) in [6.45, 7) is 2.61. The number of pyridine rings is 1. The van der Waals surface area contributed by atoms with Crippen molar-refractivity contribution in [3.05, 3.63) is 101 Å². The predicted octanol–water partition coefficient (Wildman–Crippen LogP) is 6.60. The first-order valence-corrected chi connectivity index (χ1v) is 15.7. The molecule has 0 spiro atoms. The van der Waals surface area contributed by atoms with Gasteiger partial charge in [0, 0.05) is 50.1 Å². The number of carbonyl (C=O) groups excluding carboxylic acids is 2. The smallest absolute Gasteiger partial charge is 0.248 e. The molecule has 3 heterocycles. The van der Waals surface area contributed by atoms with Crippen molar-refractivity contribution < 1.29 is 14.3 Å². The number of rotatable bonds is 9. The van der Waals surface area contributed by atoms with E-state index in [0.717, 1.165) is 53.4 Å². The Bertz CT molecular complexity index is 2030. The Morgan fingerprint density at radius 1 is 1.13 bits per heavy atom. The third-order valence-corrected chi connectivity index (χ3v) is 9.09. The molecule has 0 radical (unpaired) electrons. The maximum Gasteiger partial charge on any atom is 0.248 e. The molecule has 5 aromatic rings. The summed E-state index contributed by atoms with van der Waals surface area (Å²) >= 11 is 6.78. The van der Waals surface area contributed by atoms with E-state index in [2.05, 4.69) is 27.8 Å². The molecule has 1 fully saturated rings. The normalized spacial score (nSPS) is 16.7. The van der Waals surface area contributed by atoms with E-state index in [1.54, 1.807) is 48.3 Å². The number of nitriles is 1. The number of imidazole rings is 1. The highest BCUT2D eigenvalue weighted by molar-refractivity contribution is 6.35. The first-order valence-electron chi connectivity index (χ1n) is 15.3. The van der Waals surface area contributed by atoms with Crippen LogP contribution in [-0.4, -0.2) is 51.4 Å². The molecule has 0 aliphatic heterocycles. The predicted molar refractivity (Wildman–Crippen MR) is 180 cm³/mol. The second kappa shape index (κ2) is 13.3. The number of benzene rings is 2. The van der Waals surface area contributed by atoms with Crippen LogP contribution >= 0.6 is 11.6 Å². The Kier molecular flexibility index (Phi) is 9.04. The minimum atomic E-state index is -0.350. The van der Waals surface area contributed by atoms with Crippen molar-refractivity contribution in [1.29, 1.82) is 5.26 Å². The quantitative estimate of drug-likeness (QED) is 0.140. The number of hydrogen-bond acceptors (Lipinski definition) is 6. The van der Waals surface area contributed by atoms with E-state index in [4.69, 9.17) is 16.3 Å². The van der Waals surface area contributed by atoms with Crippen molar-refractivity contribution >= 4 is 45.5 Å². The highest BCUT2D eigenvalue weighted by Crippen LogP contribution is 2.36. The molecule has 0 saturated heterocycles. The molecular formula is C36H35ClN6O3. The molecule has 0 bridgehead atoms. The summed E-state index contributed by atoms with van der Waals surface area (Å²) in [5.41, 5.74) is 6.72. The van der Waals surface area contributed by atoms with Crippen molar-refractivity contribution in [3.8, 4) is 17.2 Å². The van der Waals surface area contributed by atoms with Crippen LogP contribution < -0.4 is 10.6 Å². The number of methoxy groups -OCH3 is 1. The van der Waals surface area contributed by atoms with Crippen molar-refractivity contribution in [2.75, 3.05) is 19.0 Å². The third kappa shape index (κ3) is 6.20. The summed E-state index contributed by atoms with van der Waals surface area (Å²) < 4.78 is 9.18. The zero-order valence-corrected chi connectivity index (χ0v) is 26.8. The summed E-state index contributed by atoms with van der Waals surface area (Å²) in [5.74, 6) is -0.646. The Hall–Kier alpha value is -4.75. The lowest BCUT2D eigenvalue weighted by Crippen LogP contribution is -2.35. The number of halogens is 1. The number of hydrogen-bond donors (Lipinski definition) is 2. The first-order chi connectivity index (χ1) is 22.3. The lowest BCUT2D eigenvalue weighted by molar-refractivity contribution is -0.111. The van der Waals surface area contributed by atoms with Crippen molar-refractivity contribution in [3.63, 3.8) is 0 Å². The zero-order valence-electron chi connectivity index (χ0n) is 26.0. The Balaban J connectivity index is 1.19. The van der Waals surface area contributed by atoms with Crippen molar-refractivity contribution in [1.82, 2.24) is 19.3 Å². The van der Waals surface area contributed by atoms with E-state index in [1.807, 2.05) is 36.7 Å². The average Bonchev–Trinajstić information content (AvgIpc) is 3.61. The second-order valence-electron chi connectivity index (χ2n) is 11.7. The maximum absolute atomic E-state index is 13.8. The lowest BCUT2D eigenvalue weighted by Gasteiger charge is -2.27. The van der Waals surface area contributed by atoms with Gasteiger partial charge in [0.05, 0.1) is 50.9 Å². The van der Waals surface area contributed by atoms with Crippen LogP contribution in [0.3, 0.4) is 0 Å². The van der Waals surface area contributed by atoms with E-state index < -0.39 is 0 Å². The van der Waals surface area contributed by atoms with Crippen LogP contribution in [-0.2, 0) is 16.6 Å². The monoisotopic (exact) mass is 634 g/mol. The van der Waals surface area contributed by atoms with E-state index >= 15 is 0 Å². The molecule has 2 aromatic carbocycles. The number of carbonyl (C=O) groups is 2. The number of nitrogens with zero attached hydrogens (tertiary/aromatic N) is 4. The summed E-state index contributed by atoms with van der Waals surface area (Å²) in [6.07, 6.45) is 11.3. The molecule has 0 unspecified atom stereocenters. The van der Waals surface area contributed by atoms with Gasteiger partial charge in [0.1, 0.15) is 6.07 Å². The molecule has 1 aliphatic rings. The van der Waals surface area contributed by atoms with Crippen LogP contribution in [0.2, 0.25) is 5.02 Å². The Labute approximate surface area is 272 Å². The third-order valence-electron chi connectivity index (χ3n) is 8.80. The lowest BCUT2D eigenvalue weighted by atomic mass is 9.93.